The van der Waals surface area contributed by atoms with Crippen molar-refractivity contribution in [1.82, 2.24) is 5.32 Å². The number of hydrogen-bond donors (Lipinski definition) is 2. The lowest BCUT2D eigenvalue weighted by atomic mass is 10.2. The highest BCUT2D eigenvalue weighted by Gasteiger charge is 2.17. The van der Waals surface area contributed by atoms with Crippen LogP contribution in [0.2, 0.25) is 0 Å². The second-order valence-corrected chi connectivity index (χ2v) is 5.09. The number of methoxy groups -OCH3 is 1. The number of carbonyl (C=O) groups excluding carboxylic acids is 1. The summed E-state index contributed by atoms with van der Waals surface area (Å²) in [5, 5.41) is 2.84. The standard InChI is InChI=1S/C15H24N2O3/c1-10(2)9-17-15(18)11(3)20-14-7-12(8-16)5-6-13(14)19-4/h5-7,10-11H,8-9,16H2,1-4H3,(H,17,18). The molecule has 0 aliphatic carbocycles. The van der Waals surface area contributed by atoms with Gasteiger partial charge in [-0.2, -0.15) is 0 Å². The summed E-state index contributed by atoms with van der Waals surface area (Å²) in [5.74, 6) is 1.38. The Morgan fingerprint density at radius 2 is 2.00 bits per heavy atom. The molecule has 5 nitrogen and oxygen atoms in total. The molecule has 0 radical (unpaired) electrons. The van der Waals surface area contributed by atoms with Crippen LogP contribution in [0.15, 0.2) is 18.2 Å². The van der Waals surface area contributed by atoms with Crippen molar-refractivity contribution in [1.29, 1.82) is 0 Å². The lowest BCUT2D eigenvalue weighted by Gasteiger charge is -2.18. The summed E-state index contributed by atoms with van der Waals surface area (Å²) in [4.78, 5) is 11.9. The van der Waals surface area contributed by atoms with Gasteiger partial charge in [0.05, 0.1) is 7.11 Å². The first-order valence-electron chi connectivity index (χ1n) is 6.79. The summed E-state index contributed by atoms with van der Waals surface area (Å²) >= 11 is 0. The topological polar surface area (TPSA) is 73.6 Å². The van der Waals surface area contributed by atoms with E-state index in [4.69, 9.17) is 15.2 Å². The van der Waals surface area contributed by atoms with E-state index in [2.05, 4.69) is 5.32 Å². The highest BCUT2D eigenvalue weighted by Crippen LogP contribution is 2.28. The van der Waals surface area contributed by atoms with Crippen LogP contribution in [-0.4, -0.2) is 25.7 Å². The lowest BCUT2D eigenvalue weighted by Crippen LogP contribution is -2.38. The minimum atomic E-state index is -0.587. The van der Waals surface area contributed by atoms with Gasteiger partial charge in [-0.1, -0.05) is 19.9 Å². The smallest absolute Gasteiger partial charge is 0.260 e. The molecule has 3 N–H and O–H groups in total. The van der Waals surface area contributed by atoms with Crippen molar-refractivity contribution < 1.29 is 14.3 Å². The Morgan fingerprint density at radius 1 is 1.30 bits per heavy atom. The molecule has 1 aromatic rings. The van der Waals surface area contributed by atoms with Crippen LogP contribution in [-0.2, 0) is 11.3 Å². The van der Waals surface area contributed by atoms with Crippen LogP contribution < -0.4 is 20.5 Å². The summed E-state index contributed by atoms with van der Waals surface area (Å²) in [5.41, 5.74) is 6.53. The number of nitrogens with one attached hydrogen (secondary N) is 1. The van der Waals surface area contributed by atoms with Crippen LogP contribution >= 0.6 is 0 Å². The van der Waals surface area contributed by atoms with Crippen molar-refractivity contribution in [3.8, 4) is 11.5 Å². The number of nitrogens with two attached hydrogens (primary N) is 1. The number of hydrogen-bond acceptors (Lipinski definition) is 4. The molecule has 0 bridgehead atoms. The number of rotatable bonds is 7. The Morgan fingerprint density at radius 3 is 2.55 bits per heavy atom. The molecule has 0 heterocycles. The molecule has 1 rings (SSSR count). The quantitative estimate of drug-likeness (QED) is 0.797. The molecule has 112 valence electrons. The Kier molecular flexibility index (Phi) is 6.31. The normalized spacial score (nSPS) is 12.1. The molecular weight excluding hydrogens is 256 g/mol. The maximum Gasteiger partial charge on any atom is 0.260 e. The van der Waals surface area contributed by atoms with Gasteiger partial charge in [-0.05, 0) is 30.5 Å². The van der Waals surface area contributed by atoms with Gasteiger partial charge in [-0.25, -0.2) is 0 Å². The predicted octanol–water partition coefficient (Wildman–Crippen LogP) is 1.69. The fourth-order valence-electron chi connectivity index (χ4n) is 1.63. The zero-order valence-corrected chi connectivity index (χ0v) is 12.6. The van der Waals surface area contributed by atoms with Crippen LogP contribution in [0.4, 0.5) is 0 Å². The third kappa shape index (κ3) is 4.74. The van der Waals surface area contributed by atoms with Crippen molar-refractivity contribution in [2.24, 2.45) is 11.7 Å². The monoisotopic (exact) mass is 280 g/mol. The molecule has 0 saturated heterocycles. The van der Waals surface area contributed by atoms with Crippen molar-refractivity contribution in [3.63, 3.8) is 0 Å². The minimum absolute atomic E-state index is 0.140. The first kappa shape index (κ1) is 16.3. The molecule has 0 aliphatic heterocycles. The molecule has 1 atom stereocenters. The molecule has 1 aromatic carbocycles. The third-order valence-corrected chi connectivity index (χ3v) is 2.82. The number of benzene rings is 1. The molecule has 0 saturated carbocycles. The fourth-order valence-corrected chi connectivity index (χ4v) is 1.63. The average Bonchev–Trinajstić information content (AvgIpc) is 2.44. The maximum absolute atomic E-state index is 11.9. The van der Waals surface area contributed by atoms with E-state index in [1.165, 1.54) is 0 Å². The molecule has 0 spiro atoms. The van der Waals surface area contributed by atoms with Gasteiger partial charge in [-0.3, -0.25) is 4.79 Å². The summed E-state index contributed by atoms with van der Waals surface area (Å²) in [6.07, 6.45) is -0.587. The molecule has 0 aliphatic rings. The van der Waals surface area contributed by atoms with E-state index < -0.39 is 6.10 Å². The van der Waals surface area contributed by atoms with E-state index in [0.29, 0.717) is 30.5 Å². The lowest BCUT2D eigenvalue weighted by molar-refractivity contribution is -0.127. The Balaban J connectivity index is 2.73. The first-order valence-corrected chi connectivity index (χ1v) is 6.79. The highest BCUT2D eigenvalue weighted by atomic mass is 16.5. The van der Waals surface area contributed by atoms with Crippen LogP contribution in [0.3, 0.4) is 0 Å². The molecule has 1 amide bonds. The van der Waals surface area contributed by atoms with Gasteiger partial charge >= 0.3 is 0 Å². The van der Waals surface area contributed by atoms with E-state index in [1.807, 2.05) is 19.9 Å². The van der Waals surface area contributed by atoms with Gasteiger partial charge in [0.1, 0.15) is 0 Å². The van der Waals surface area contributed by atoms with E-state index in [9.17, 15) is 4.79 Å². The summed E-state index contributed by atoms with van der Waals surface area (Å²) in [7, 11) is 1.56. The fraction of sp³-hybridized carbons (Fsp3) is 0.533. The average molecular weight is 280 g/mol. The van der Waals surface area contributed by atoms with Crippen molar-refractivity contribution in [2.75, 3.05) is 13.7 Å². The van der Waals surface area contributed by atoms with Crippen LogP contribution in [0.25, 0.3) is 0 Å². The molecule has 5 heteroatoms. The van der Waals surface area contributed by atoms with Crippen molar-refractivity contribution in [3.05, 3.63) is 23.8 Å². The Bertz CT molecular complexity index is 447. The largest absolute Gasteiger partial charge is 0.493 e. The molecule has 1 unspecified atom stereocenters. The van der Waals surface area contributed by atoms with Gasteiger partial charge in [0.25, 0.3) is 5.91 Å². The molecular formula is C15H24N2O3. The summed E-state index contributed by atoms with van der Waals surface area (Å²) in [6, 6.07) is 5.45. The van der Waals surface area contributed by atoms with Gasteiger partial charge in [0.2, 0.25) is 0 Å². The van der Waals surface area contributed by atoms with Crippen molar-refractivity contribution in [2.45, 2.75) is 33.4 Å². The maximum atomic E-state index is 11.9. The number of amides is 1. The zero-order chi connectivity index (χ0) is 15.1. The second-order valence-electron chi connectivity index (χ2n) is 5.09. The predicted molar refractivity (Wildman–Crippen MR) is 78.8 cm³/mol. The minimum Gasteiger partial charge on any atom is -0.493 e. The SMILES string of the molecule is COc1ccc(CN)cc1OC(C)C(=O)NCC(C)C. The van der Waals surface area contributed by atoms with E-state index in [1.54, 1.807) is 26.2 Å². The molecule has 0 aromatic heterocycles. The number of carbonyl (C=O) groups is 1. The van der Waals surface area contributed by atoms with Gasteiger partial charge < -0.3 is 20.5 Å². The molecule has 0 fully saturated rings. The van der Waals surface area contributed by atoms with Crippen LogP contribution in [0.1, 0.15) is 26.3 Å². The van der Waals surface area contributed by atoms with Gasteiger partial charge in [-0.15, -0.1) is 0 Å². The summed E-state index contributed by atoms with van der Waals surface area (Å²) < 4.78 is 10.9. The van der Waals surface area contributed by atoms with Crippen LogP contribution in [0, 0.1) is 5.92 Å². The summed E-state index contributed by atoms with van der Waals surface area (Å²) in [6.45, 7) is 6.84. The van der Waals surface area contributed by atoms with E-state index in [0.717, 1.165) is 5.56 Å². The third-order valence-electron chi connectivity index (χ3n) is 2.82. The van der Waals surface area contributed by atoms with Gasteiger partial charge in [0, 0.05) is 13.1 Å². The highest BCUT2D eigenvalue weighted by molar-refractivity contribution is 5.80. The zero-order valence-electron chi connectivity index (χ0n) is 12.6. The van der Waals surface area contributed by atoms with Crippen molar-refractivity contribution >= 4 is 5.91 Å². The van der Waals surface area contributed by atoms with E-state index >= 15 is 0 Å². The van der Waals surface area contributed by atoms with Gasteiger partial charge in [0.15, 0.2) is 17.6 Å². The number of ether oxygens (including phenoxy) is 2. The van der Waals surface area contributed by atoms with Crippen LogP contribution in [0.5, 0.6) is 11.5 Å². The van der Waals surface area contributed by atoms with E-state index in [-0.39, 0.29) is 5.91 Å². The Labute approximate surface area is 120 Å². The second kappa shape index (κ2) is 7.75. The Hall–Kier alpha value is -1.75. The molecule has 20 heavy (non-hydrogen) atoms. The first-order chi connectivity index (χ1) is 9.47.